The Balaban J connectivity index is 1.15. The molecule has 8 heteroatoms. The third-order valence-electron chi connectivity index (χ3n) is 6.16. The summed E-state index contributed by atoms with van der Waals surface area (Å²) in [6.07, 6.45) is 1.77. The van der Waals surface area contributed by atoms with Crippen molar-refractivity contribution in [2.75, 3.05) is 19.6 Å². The average Bonchev–Trinajstić information content (AvgIpc) is 2.81. The molecule has 1 fully saturated rings. The van der Waals surface area contributed by atoms with Gasteiger partial charge in [-0.2, -0.15) is 0 Å². The van der Waals surface area contributed by atoms with Crippen molar-refractivity contribution in [2.24, 2.45) is 5.92 Å². The van der Waals surface area contributed by atoms with Crippen LogP contribution in [0.1, 0.15) is 24.0 Å². The molecule has 2 amide bonds. The first-order chi connectivity index (χ1) is 16.5. The summed E-state index contributed by atoms with van der Waals surface area (Å²) in [5.41, 5.74) is 1.68. The van der Waals surface area contributed by atoms with Gasteiger partial charge in [0, 0.05) is 25.7 Å². The number of likely N-dealkylation sites (tertiary alicyclic amines) is 1. The van der Waals surface area contributed by atoms with Crippen molar-refractivity contribution >= 4 is 22.8 Å². The summed E-state index contributed by atoms with van der Waals surface area (Å²) in [5, 5.41) is 18.6. The largest absolute Gasteiger partial charge is 0.352 e. The lowest BCUT2D eigenvalue weighted by Gasteiger charge is -2.32. The fraction of sp³-hybridized carbons (Fsp3) is 0.308. The molecule has 1 saturated heterocycles. The van der Waals surface area contributed by atoms with Crippen LogP contribution >= 0.6 is 0 Å². The number of benzene rings is 3. The molecule has 178 valence electrons. The average molecular weight is 466 g/mol. The van der Waals surface area contributed by atoms with Crippen LogP contribution < -0.4 is 16.0 Å². The fourth-order valence-electron chi connectivity index (χ4n) is 4.38. The normalized spacial score (nSPS) is 14.6. The predicted octanol–water partition coefficient (Wildman–Crippen LogP) is 4.35. The number of piperidine rings is 1. The van der Waals surface area contributed by atoms with Crippen LogP contribution in [-0.2, 0) is 13.1 Å². The number of carbonyl (C=O) groups excluding carboxylic acids is 1. The number of halogens is 2. The first-order valence-electron chi connectivity index (χ1n) is 11.5. The van der Waals surface area contributed by atoms with Crippen molar-refractivity contribution in [3.8, 4) is 0 Å². The number of carbonyl (C=O) groups is 1. The van der Waals surface area contributed by atoms with Gasteiger partial charge in [-0.15, -0.1) is 0 Å². The van der Waals surface area contributed by atoms with E-state index in [0.717, 1.165) is 48.3 Å². The summed E-state index contributed by atoms with van der Waals surface area (Å²) in [5.74, 6) is -0.846. The third-order valence-corrected chi connectivity index (χ3v) is 6.16. The van der Waals surface area contributed by atoms with E-state index in [4.69, 9.17) is 5.41 Å². The molecule has 4 rings (SSSR count). The van der Waals surface area contributed by atoms with Gasteiger partial charge in [0.25, 0.3) is 0 Å². The maximum atomic E-state index is 13.4. The van der Waals surface area contributed by atoms with Crippen molar-refractivity contribution in [3.05, 3.63) is 83.4 Å². The van der Waals surface area contributed by atoms with E-state index in [2.05, 4.69) is 20.9 Å². The molecule has 1 aliphatic heterocycles. The van der Waals surface area contributed by atoms with Gasteiger partial charge < -0.3 is 10.6 Å². The maximum absolute atomic E-state index is 13.4. The molecule has 4 N–H and O–H groups in total. The highest BCUT2D eigenvalue weighted by atomic mass is 19.1. The second-order valence-corrected chi connectivity index (χ2v) is 8.70. The molecule has 0 aromatic heterocycles. The van der Waals surface area contributed by atoms with E-state index in [0.29, 0.717) is 31.1 Å². The van der Waals surface area contributed by atoms with E-state index < -0.39 is 17.7 Å². The van der Waals surface area contributed by atoms with Crippen molar-refractivity contribution in [1.29, 1.82) is 5.41 Å². The molecule has 0 saturated carbocycles. The van der Waals surface area contributed by atoms with E-state index in [-0.39, 0.29) is 5.96 Å². The SMILES string of the molecule is N=C(NCc1cccc2ccccc12)NC(=O)NCC1CCN(Cc2cc(F)cc(F)c2)CC1. The molecule has 0 bridgehead atoms. The lowest BCUT2D eigenvalue weighted by Crippen LogP contribution is -2.47. The standard InChI is InChI=1S/C26H29F2N5O/c27-22-12-19(13-23(28)14-22)17-33-10-8-18(9-11-33)15-31-26(34)32-25(29)30-16-21-6-3-5-20-4-1-2-7-24(20)21/h1-7,12-14,18H,8-11,15-17H2,(H4,29,30,31,32,34). The van der Waals surface area contributed by atoms with E-state index in [1.807, 2.05) is 42.5 Å². The van der Waals surface area contributed by atoms with Gasteiger partial charge in [0.2, 0.25) is 0 Å². The molecule has 6 nitrogen and oxygen atoms in total. The Kier molecular flexibility index (Phi) is 7.69. The summed E-state index contributed by atoms with van der Waals surface area (Å²) in [6, 6.07) is 17.3. The van der Waals surface area contributed by atoms with E-state index in [1.165, 1.54) is 12.1 Å². The van der Waals surface area contributed by atoms with Gasteiger partial charge in [0.15, 0.2) is 5.96 Å². The Morgan fingerprint density at radius 2 is 1.68 bits per heavy atom. The number of amides is 2. The number of rotatable bonds is 6. The van der Waals surface area contributed by atoms with Crippen molar-refractivity contribution < 1.29 is 13.6 Å². The van der Waals surface area contributed by atoms with Gasteiger partial charge in [-0.25, -0.2) is 13.6 Å². The zero-order valence-corrected chi connectivity index (χ0v) is 18.9. The van der Waals surface area contributed by atoms with Gasteiger partial charge in [-0.3, -0.25) is 15.6 Å². The topological polar surface area (TPSA) is 80.2 Å². The molecule has 0 aliphatic carbocycles. The molecule has 0 atom stereocenters. The minimum Gasteiger partial charge on any atom is -0.352 e. The summed E-state index contributed by atoms with van der Waals surface area (Å²) >= 11 is 0. The van der Waals surface area contributed by atoms with Crippen LogP contribution in [0.2, 0.25) is 0 Å². The predicted molar refractivity (Wildman–Crippen MR) is 129 cm³/mol. The van der Waals surface area contributed by atoms with E-state index >= 15 is 0 Å². The summed E-state index contributed by atoms with van der Waals surface area (Å²) in [4.78, 5) is 14.4. The Bertz CT molecular complexity index is 1140. The summed E-state index contributed by atoms with van der Waals surface area (Å²) in [7, 11) is 0. The van der Waals surface area contributed by atoms with Crippen molar-refractivity contribution in [2.45, 2.75) is 25.9 Å². The minimum absolute atomic E-state index is 0.0532. The molecular weight excluding hydrogens is 436 g/mol. The summed E-state index contributed by atoms with van der Waals surface area (Å²) < 4.78 is 26.8. The van der Waals surface area contributed by atoms with Gasteiger partial charge >= 0.3 is 6.03 Å². The molecule has 3 aromatic carbocycles. The Hall–Kier alpha value is -3.52. The van der Waals surface area contributed by atoms with Crippen LogP contribution in [0.15, 0.2) is 60.7 Å². The monoisotopic (exact) mass is 465 g/mol. The Labute approximate surface area is 197 Å². The fourth-order valence-corrected chi connectivity index (χ4v) is 4.38. The van der Waals surface area contributed by atoms with Crippen LogP contribution in [-0.4, -0.2) is 36.5 Å². The van der Waals surface area contributed by atoms with Gasteiger partial charge in [0.1, 0.15) is 11.6 Å². The number of hydrogen-bond acceptors (Lipinski definition) is 3. The van der Waals surface area contributed by atoms with Crippen LogP contribution in [0.25, 0.3) is 10.8 Å². The first kappa shape index (κ1) is 23.6. The zero-order chi connectivity index (χ0) is 23.9. The van der Waals surface area contributed by atoms with Gasteiger partial charge in [-0.05, 0) is 65.9 Å². The van der Waals surface area contributed by atoms with E-state index in [9.17, 15) is 13.6 Å². The van der Waals surface area contributed by atoms with Gasteiger partial charge in [0.05, 0.1) is 0 Å². The summed E-state index contributed by atoms with van der Waals surface area (Å²) in [6.45, 7) is 3.07. The lowest BCUT2D eigenvalue weighted by atomic mass is 9.96. The van der Waals surface area contributed by atoms with Crippen molar-refractivity contribution in [1.82, 2.24) is 20.9 Å². The molecule has 0 unspecified atom stereocenters. The molecule has 1 aliphatic rings. The second kappa shape index (κ2) is 11.1. The van der Waals surface area contributed by atoms with Crippen LogP contribution in [0.4, 0.5) is 13.6 Å². The highest BCUT2D eigenvalue weighted by molar-refractivity contribution is 5.94. The van der Waals surface area contributed by atoms with Crippen LogP contribution in [0.5, 0.6) is 0 Å². The lowest BCUT2D eigenvalue weighted by molar-refractivity contribution is 0.175. The van der Waals surface area contributed by atoms with Gasteiger partial charge in [-0.1, -0.05) is 42.5 Å². The number of nitrogens with zero attached hydrogens (tertiary/aromatic N) is 1. The van der Waals surface area contributed by atoms with Crippen molar-refractivity contribution in [3.63, 3.8) is 0 Å². The second-order valence-electron chi connectivity index (χ2n) is 8.70. The zero-order valence-electron chi connectivity index (χ0n) is 18.9. The van der Waals surface area contributed by atoms with E-state index in [1.54, 1.807) is 0 Å². The number of nitrogens with one attached hydrogen (secondary N) is 4. The molecule has 0 radical (unpaired) electrons. The third kappa shape index (κ3) is 6.51. The van der Waals surface area contributed by atoms with Crippen LogP contribution in [0, 0.1) is 23.0 Å². The molecule has 3 aromatic rings. The number of urea groups is 1. The molecule has 1 heterocycles. The Morgan fingerprint density at radius 1 is 0.971 bits per heavy atom. The molecule has 0 spiro atoms. The minimum atomic E-state index is -0.558. The smallest absolute Gasteiger partial charge is 0.321 e. The molecule has 34 heavy (non-hydrogen) atoms. The Morgan fingerprint density at radius 3 is 2.44 bits per heavy atom. The first-order valence-corrected chi connectivity index (χ1v) is 11.5. The molecular formula is C26H29F2N5O. The number of hydrogen-bond donors (Lipinski definition) is 4. The number of guanidine groups is 1. The van der Waals surface area contributed by atoms with Crippen LogP contribution in [0.3, 0.4) is 0 Å². The quantitative estimate of drug-likeness (QED) is 0.323. The highest BCUT2D eigenvalue weighted by Crippen LogP contribution is 2.20. The number of fused-ring (bicyclic) bond motifs is 1. The highest BCUT2D eigenvalue weighted by Gasteiger charge is 2.20. The maximum Gasteiger partial charge on any atom is 0.321 e.